The van der Waals surface area contributed by atoms with E-state index in [1.807, 2.05) is 44.2 Å². The van der Waals surface area contributed by atoms with Crippen LogP contribution in [0.5, 0.6) is 0 Å². The normalized spacial score (nSPS) is 12.3. The van der Waals surface area contributed by atoms with Crippen LogP contribution >= 0.6 is 11.6 Å². The molecule has 1 N–H and O–H groups in total. The van der Waals surface area contributed by atoms with Crippen molar-refractivity contribution in [2.45, 2.75) is 32.9 Å². The van der Waals surface area contributed by atoms with Crippen LogP contribution in [-0.4, -0.2) is 62.7 Å². The topological polar surface area (TPSA) is 90.0 Å². The number of halogens is 1. The van der Waals surface area contributed by atoms with E-state index in [1.54, 1.807) is 54.6 Å². The Morgan fingerprint density at radius 3 is 1.98 bits per heavy atom. The first-order chi connectivity index (χ1) is 19.0. The Hall–Kier alpha value is -3.40. The first-order valence-electron chi connectivity index (χ1n) is 13.1. The summed E-state index contributed by atoms with van der Waals surface area (Å²) in [7, 11) is -1.19. The highest BCUT2D eigenvalue weighted by atomic mass is 35.5. The molecule has 1 atom stereocenters. The average molecular weight is 585 g/mol. The molecule has 0 radical (unpaired) electrons. The quantitative estimate of drug-likeness (QED) is 0.323. The van der Waals surface area contributed by atoms with Gasteiger partial charge in [-0.05, 0) is 41.3 Å². The standard InChI is InChI=1S/C30H37ClN4O4S/c1-23(2)20-32-30(37)28(19-24-11-7-5-8-12-24)34(21-25-15-17-26(31)18-16-25)29(36)22-35(40(38,39)33(3)4)27-13-9-6-10-14-27/h5-18,23,28H,19-22H2,1-4H3,(H,32,37)/t28-/m1/s1. The summed E-state index contributed by atoms with van der Waals surface area (Å²) in [6.07, 6.45) is 0.260. The summed E-state index contributed by atoms with van der Waals surface area (Å²) in [6.45, 7) is 4.03. The lowest BCUT2D eigenvalue weighted by Gasteiger charge is -2.34. The average Bonchev–Trinajstić information content (AvgIpc) is 2.94. The van der Waals surface area contributed by atoms with Crippen molar-refractivity contribution in [1.29, 1.82) is 0 Å². The van der Waals surface area contributed by atoms with Crippen molar-refractivity contribution in [2.75, 3.05) is 31.5 Å². The molecular formula is C30H37ClN4O4S. The SMILES string of the molecule is CC(C)CNC(=O)[C@@H](Cc1ccccc1)N(Cc1ccc(Cl)cc1)C(=O)CN(c1ccccc1)S(=O)(=O)N(C)C. The predicted molar refractivity (Wildman–Crippen MR) is 160 cm³/mol. The predicted octanol–water partition coefficient (Wildman–Crippen LogP) is 4.37. The first kappa shape index (κ1) is 31.1. The van der Waals surface area contributed by atoms with E-state index in [2.05, 4.69) is 5.32 Å². The van der Waals surface area contributed by atoms with Gasteiger partial charge < -0.3 is 10.2 Å². The van der Waals surface area contributed by atoms with Crippen molar-refractivity contribution in [3.8, 4) is 0 Å². The number of amides is 2. The Labute approximate surface area is 242 Å². The van der Waals surface area contributed by atoms with Crippen LogP contribution in [0.25, 0.3) is 0 Å². The van der Waals surface area contributed by atoms with Crippen LogP contribution in [0, 0.1) is 5.92 Å². The largest absolute Gasteiger partial charge is 0.354 e. The van der Waals surface area contributed by atoms with Crippen LogP contribution < -0.4 is 9.62 Å². The molecule has 40 heavy (non-hydrogen) atoms. The number of hydrogen-bond acceptors (Lipinski definition) is 4. The van der Waals surface area contributed by atoms with Crippen molar-refractivity contribution >= 4 is 39.3 Å². The van der Waals surface area contributed by atoms with Crippen molar-refractivity contribution in [1.82, 2.24) is 14.5 Å². The first-order valence-corrected chi connectivity index (χ1v) is 14.9. The molecule has 0 aromatic heterocycles. The van der Waals surface area contributed by atoms with Gasteiger partial charge in [-0.3, -0.25) is 9.59 Å². The lowest BCUT2D eigenvalue weighted by atomic mass is 10.0. The number of para-hydroxylation sites is 1. The zero-order valence-corrected chi connectivity index (χ0v) is 24.9. The number of carbonyl (C=O) groups excluding carboxylic acids is 2. The van der Waals surface area contributed by atoms with E-state index in [4.69, 9.17) is 11.6 Å². The van der Waals surface area contributed by atoms with Gasteiger partial charge in [0.2, 0.25) is 11.8 Å². The fourth-order valence-electron chi connectivity index (χ4n) is 4.07. The van der Waals surface area contributed by atoms with Crippen molar-refractivity contribution in [2.24, 2.45) is 5.92 Å². The van der Waals surface area contributed by atoms with Crippen molar-refractivity contribution in [3.05, 3.63) is 101 Å². The minimum atomic E-state index is -4.02. The van der Waals surface area contributed by atoms with Gasteiger partial charge in [-0.1, -0.05) is 86.1 Å². The second-order valence-corrected chi connectivity index (χ2v) is 12.6. The zero-order chi connectivity index (χ0) is 29.3. The highest BCUT2D eigenvalue weighted by Gasteiger charge is 2.34. The summed E-state index contributed by atoms with van der Waals surface area (Å²) in [6, 6.07) is 24.0. The summed E-state index contributed by atoms with van der Waals surface area (Å²) in [5.41, 5.74) is 1.98. The summed E-state index contributed by atoms with van der Waals surface area (Å²) < 4.78 is 28.8. The van der Waals surface area contributed by atoms with Gasteiger partial charge in [0.05, 0.1) is 5.69 Å². The molecule has 0 saturated heterocycles. The number of nitrogens with zero attached hydrogens (tertiary/aromatic N) is 3. The van der Waals surface area contributed by atoms with Crippen LogP contribution in [0.2, 0.25) is 5.02 Å². The fraction of sp³-hybridized carbons (Fsp3) is 0.333. The van der Waals surface area contributed by atoms with Crippen LogP contribution in [0.1, 0.15) is 25.0 Å². The van der Waals surface area contributed by atoms with Gasteiger partial charge in [0.1, 0.15) is 12.6 Å². The lowest BCUT2D eigenvalue weighted by molar-refractivity contribution is -0.140. The summed E-state index contributed by atoms with van der Waals surface area (Å²) in [4.78, 5) is 29.2. The van der Waals surface area contributed by atoms with E-state index in [0.29, 0.717) is 17.3 Å². The monoisotopic (exact) mass is 584 g/mol. The third-order valence-corrected chi connectivity index (χ3v) is 8.36. The molecule has 3 rings (SSSR count). The maximum absolute atomic E-state index is 14.1. The zero-order valence-electron chi connectivity index (χ0n) is 23.3. The molecule has 0 saturated carbocycles. The number of benzene rings is 3. The summed E-state index contributed by atoms with van der Waals surface area (Å²) in [5.74, 6) is -0.605. The van der Waals surface area contributed by atoms with Gasteiger partial charge in [0.15, 0.2) is 0 Å². The fourth-order valence-corrected chi connectivity index (χ4v) is 5.26. The minimum Gasteiger partial charge on any atom is -0.354 e. The van der Waals surface area contributed by atoms with Crippen LogP contribution in [0.4, 0.5) is 5.69 Å². The molecule has 8 nitrogen and oxygen atoms in total. The van der Waals surface area contributed by atoms with Crippen LogP contribution in [0.15, 0.2) is 84.9 Å². The van der Waals surface area contributed by atoms with Gasteiger partial charge >= 0.3 is 10.2 Å². The van der Waals surface area contributed by atoms with Gasteiger partial charge in [-0.15, -0.1) is 0 Å². The molecule has 0 spiro atoms. The highest BCUT2D eigenvalue weighted by Crippen LogP contribution is 2.22. The number of carbonyl (C=O) groups is 2. The smallest absolute Gasteiger partial charge is 0.304 e. The third-order valence-electron chi connectivity index (χ3n) is 6.28. The van der Waals surface area contributed by atoms with Crippen LogP contribution in [0.3, 0.4) is 0 Å². The number of hydrogen-bond donors (Lipinski definition) is 1. The summed E-state index contributed by atoms with van der Waals surface area (Å²) in [5, 5.41) is 3.52. The maximum atomic E-state index is 14.1. The van der Waals surface area contributed by atoms with Gasteiger partial charge in [-0.25, -0.2) is 4.31 Å². The highest BCUT2D eigenvalue weighted by molar-refractivity contribution is 7.90. The molecule has 10 heteroatoms. The molecule has 3 aromatic carbocycles. The Morgan fingerprint density at radius 2 is 1.43 bits per heavy atom. The van der Waals surface area contributed by atoms with Gasteiger partial charge in [0.25, 0.3) is 0 Å². The van der Waals surface area contributed by atoms with E-state index in [1.165, 1.54) is 19.0 Å². The van der Waals surface area contributed by atoms with E-state index in [0.717, 1.165) is 19.7 Å². The number of nitrogens with one attached hydrogen (secondary N) is 1. The molecule has 0 aliphatic rings. The molecule has 0 bridgehead atoms. The van der Waals surface area contributed by atoms with E-state index < -0.39 is 28.7 Å². The maximum Gasteiger partial charge on any atom is 0.304 e. The molecule has 3 aromatic rings. The molecule has 2 amide bonds. The van der Waals surface area contributed by atoms with Gasteiger partial charge in [0, 0.05) is 38.6 Å². The number of anilines is 1. The second kappa shape index (κ2) is 14.3. The third kappa shape index (κ3) is 8.55. The lowest BCUT2D eigenvalue weighted by Crippen LogP contribution is -2.54. The van der Waals surface area contributed by atoms with E-state index in [9.17, 15) is 18.0 Å². The van der Waals surface area contributed by atoms with Crippen molar-refractivity contribution < 1.29 is 18.0 Å². The molecule has 0 aliphatic heterocycles. The van der Waals surface area contributed by atoms with E-state index >= 15 is 0 Å². The molecule has 0 heterocycles. The Morgan fingerprint density at radius 1 is 0.850 bits per heavy atom. The summed E-state index contributed by atoms with van der Waals surface area (Å²) >= 11 is 6.10. The molecule has 0 aliphatic carbocycles. The minimum absolute atomic E-state index is 0.0905. The molecular weight excluding hydrogens is 548 g/mol. The molecule has 214 valence electrons. The second-order valence-electron chi connectivity index (χ2n) is 10.1. The Bertz CT molecular complexity index is 1350. The molecule has 0 unspecified atom stereocenters. The van der Waals surface area contributed by atoms with Crippen LogP contribution in [-0.2, 0) is 32.8 Å². The van der Waals surface area contributed by atoms with Gasteiger partial charge in [-0.2, -0.15) is 12.7 Å². The number of rotatable bonds is 13. The van der Waals surface area contributed by atoms with Crippen molar-refractivity contribution in [3.63, 3.8) is 0 Å². The Balaban J connectivity index is 2.06. The Kier molecular flexibility index (Phi) is 11.1. The van der Waals surface area contributed by atoms with E-state index in [-0.39, 0.29) is 24.8 Å². The molecule has 0 fully saturated rings.